The first-order valence-electron chi connectivity index (χ1n) is 8.88. The summed E-state index contributed by atoms with van der Waals surface area (Å²) in [5.41, 5.74) is 7.23. The molecule has 1 atom stereocenters. The number of amides is 1. The number of carbonyl (C=O) groups excluding carboxylic acids is 1. The highest BCUT2D eigenvalue weighted by molar-refractivity contribution is 5.75. The van der Waals surface area contributed by atoms with E-state index in [1.807, 2.05) is 0 Å². The Hall–Kier alpha value is -1.39. The van der Waals surface area contributed by atoms with Crippen molar-refractivity contribution in [1.29, 1.82) is 0 Å². The van der Waals surface area contributed by atoms with E-state index in [1.54, 1.807) is 0 Å². The summed E-state index contributed by atoms with van der Waals surface area (Å²) in [4.78, 5) is 16.0. The number of primary amides is 1. The number of nitrogens with zero attached hydrogens (tertiary/aromatic N) is 2. The first-order valence-corrected chi connectivity index (χ1v) is 8.88. The number of piperidine rings is 2. The summed E-state index contributed by atoms with van der Waals surface area (Å²) in [6.45, 7) is 8.18. The Kier molecular flexibility index (Phi) is 5.02. The number of nitrogens with two attached hydrogens (primary N) is 1. The van der Waals surface area contributed by atoms with Crippen molar-refractivity contribution in [3.63, 3.8) is 0 Å². The van der Waals surface area contributed by atoms with Crippen LogP contribution in [0.15, 0.2) is 30.3 Å². The van der Waals surface area contributed by atoms with Gasteiger partial charge in [-0.15, -0.1) is 0 Å². The molecule has 1 spiro atoms. The van der Waals surface area contributed by atoms with Crippen LogP contribution in [0.1, 0.15) is 37.7 Å². The van der Waals surface area contributed by atoms with Gasteiger partial charge in [0, 0.05) is 13.1 Å². The predicted molar refractivity (Wildman–Crippen MR) is 93.2 cm³/mol. The molecule has 4 nitrogen and oxygen atoms in total. The van der Waals surface area contributed by atoms with Crippen molar-refractivity contribution in [3.05, 3.63) is 35.9 Å². The molecule has 2 fully saturated rings. The Bertz CT molecular complexity index is 523. The maximum absolute atomic E-state index is 11.1. The van der Waals surface area contributed by atoms with Crippen LogP contribution in [0.5, 0.6) is 0 Å². The van der Waals surface area contributed by atoms with Crippen molar-refractivity contribution in [1.82, 2.24) is 9.80 Å². The molecule has 23 heavy (non-hydrogen) atoms. The minimum absolute atomic E-state index is 0.207. The standard InChI is InChI=1S/C19H29N3O/c1-2-21-13-17(16-6-4-3-5-7-16)12-19(15-21)8-10-22(11-9-19)14-18(20)23/h3-7,17H,2,8-15H2,1H3,(H2,20,23)/t17-/m1/s1. The summed E-state index contributed by atoms with van der Waals surface area (Å²) < 4.78 is 0. The van der Waals surface area contributed by atoms with Crippen LogP contribution in [0, 0.1) is 5.41 Å². The molecule has 126 valence electrons. The lowest BCUT2D eigenvalue weighted by molar-refractivity contribution is -0.120. The first-order chi connectivity index (χ1) is 11.1. The third-order valence-electron chi connectivity index (χ3n) is 5.73. The molecule has 2 aliphatic heterocycles. The molecule has 0 saturated carbocycles. The van der Waals surface area contributed by atoms with Crippen LogP contribution >= 0.6 is 0 Å². The van der Waals surface area contributed by atoms with Gasteiger partial charge < -0.3 is 10.6 Å². The third-order valence-corrected chi connectivity index (χ3v) is 5.73. The summed E-state index contributed by atoms with van der Waals surface area (Å²) in [6.07, 6.45) is 3.64. The van der Waals surface area contributed by atoms with Gasteiger partial charge in [-0.2, -0.15) is 0 Å². The summed E-state index contributed by atoms with van der Waals surface area (Å²) >= 11 is 0. The molecule has 2 N–H and O–H groups in total. The molecule has 0 aromatic heterocycles. The molecule has 2 heterocycles. The van der Waals surface area contributed by atoms with Gasteiger partial charge in [-0.3, -0.25) is 9.69 Å². The van der Waals surface area contributed by atoms with Gasteiger partial charge in [0.2, 0.25) is 5.91 Å². The van der Waals surface area contributed by atoms with Gasteiger partial charge in [-0.05, 0) is 55.8 Å². The molecule has 1 amide bonds. The number of hydrogen-bond acceptors (Lipinski definition) is 3. The van der Waals surface area contributed by atoms with Crippen LogP contribution in [-0.4, -0.2) is 55.0 Å². The average molecular weight is 315 g/mol. The highest BCUT2D eigenvalue weighted by atomic mass is 16.1. The van der Waals surface area contributed by atoms with Gasteiger partial charge in [0.15, 0.2) is 0 Å². The number of carbonyl (C=O) groups is 1. The molecule has 2 aliphatic rings. The Morgan fingerprint density at radius 1 is 1.22 bits per heavy atom. The zero-order valence-electron chi connectivity index (χ0n) is 14.2. The maximum atomic E-state index is 11.1. The Labute approximate surface area is 139 Å². The Morgan fingerprint density at radius 2 is 1.91 bits per heavy atom. The lowest BCUT2D eigenvalue weighted by atomic mass is 9.68. The van der Waals surface area contributed by atoms with Crippen LogP contribution in [0.3, 0.4) is 0 Å². The van der Waals surface area contributed by atoms with Gasteiger partial charge in [0.1, 0.15) is 0 Å². The van der Waals surface area contributed by atoms with Gasteiger partial charge in [-0.1, -0.05) is 37.3 Å². The molecule has 3 rings (SSSR count). The quantitative estimate of drug-likeness (QED) is 0.925. The average Bonchev–Trinajstić information content (AvgIpc) is 2.57. The van der Waals surface area contributed by atoms with E-state index in [4.69, 9.17) is 5.73 Å². The highest BCUT2D eigenvalue weighted by Gasteiger charge is 2.41. The minimum atomic E-state index is -0.207. The van der Waals surface area contributed by atoms with Crippen LogP contribution in [-0.2, 0) is 4.79 Å². The monoisotopic (exact) mass is 315 g/mol. The van der Waals surface area contributed by atoms with Crippen molar-refractivity contribution in [2.45, 2.75) is 32.1 Å². The maximum Gasteiger partial charge on any atom is 0.231 e. The number of likely N-dealkylation sites (tertiary alicyclic amines) is 2. The van der Waals surface area contributed by atoms with E-state index < -0.39 is 0 Å². The van der Waals surface area contributed by atoms with Gasteiger partial charge in [0.25, 0.3) is 0 Å². The first kappa shape index (κ1) is 16.5. The lowest BCUT2D eigenvalue weighted by Gasteiger charge is -2.50. The van der Waals surface area contributed by atoms with E-state index in [1.165, 1.54) is 37.9 Å². The van der Waals surface area contributed by atoms with Crippen LogP contribution < -0.4 is 5.73 Å². The summed E-state index contributed by atoms with van der Waals surface area (Å²) in [5.74, 6) is 0.425. The van der Waals surface area contributed by atoms with Crippen LogP contribution in [0.25, 0.3) is 0 Å². The van der Waals surface area contributed by atoms with Crippen molar-refractivity contribution in [2.24, 2.45) is 11.1 Å². The van der Waals surface area contributed by atoms with Crippen LogP contribution in [0.2, 0.25) is 0 Å². The molecule has 0 radical (unpaired) electrons. The molecule has 4 heteroatoms. The second-order valence-corrected chi connectivity index (χ2v) is 7.38. The van der Waals surface area contributed by atoms with Gasteiger partial charge >= 0.3 is 0 Å². The predicted octanol–water partition coefficient (Wildman–Crippen LogP) is 2.06. The summed E-state index contributed by atoms with van der Waals surface area (Å²) in [6, 6.07) is 11.0. The minimum Gasteiger partial charge on any atom is -0.369 e. The van der Waals surface area contributed by atoms with E-state index in [0.717, 1.165) is 19.6 Å². The van der Waals surface area contributed by atoms with Crippen LogP contribution in [0.4, 0.5) is 0 Å². The molecule has 0 aliphatic carbocycles. The molecular formula is C19H29N3O. The van der Waals surface area contributed by atoms with Gasteiger partial charge in [-0.25, -0.2) is 0 Å². The molecule has 1 aromatic carbocycles. The van der Waals surface area contributed by atoms with E-state index in [9.17, 15) is 4.79 Å². The third kappa shape index (κ3) is 3.93. The molecule has 0 unspecified atom stereocenters. The number of benzene rings is 1. The van der Waals surface area contributed by atoms with Crippen molar-refractivity contribution in [2.75, 3.05) is 39.3 Å². The second-order valence-electron chi connectivity index (χ2n) is 7.38. The fourth-order valence-electron chi connectivity index (χ4n) is 4.46. The van der Waals surface area contributed by atoms with Crippen molar-refractivity contribution >= 4 is 5.91 Å². The summed E-state index contributed by atoms with van der Waals surface area (Å²) in [5, 5.41) is 0. The molecular weight excluding hydrogens is 286 g/mol. The Balaban J connectivity index is 1.70. The van der Waals surface area contributed by atoms with Gasteiger partial charge in [0.05, 0.1) is 6.54 Å². The molecule has 1 aromatic rings. The van der Waals surface area contributed by atoms with E-state index in [0.29, 0.717) is 17.9 Å². The van der Waals surface area contributed by atoms with Crippen molar-refractivity contribution in [3.8, 4) is 0 Å². The summed E-state index contributed by atoms with van der Waals surface area (Å²) in [7, 11) is 0. The van der Waals surface area contributed by atoms with E-state index in [2.05, 4.69) is 47.1 Å². The normalized spacial score (nSPS) is 25.5. The highest BCUT2D eigenvalue weighted by Crippen LogP contribution is 2.44. The lowest BCUT2D eigenvalue weighted by Crippen LogP contribution is -2.52. The number of likely N-dealkylation sites (N-methyl/N-ethyl adjacent to an activating group) is 1. The topological polar surface area (TPSA) is 49.6 Å². The second kappa shape index (κ2) is 7.02. The van der Waals surface area contributed by atoms with E-state index >= 15 is 0 Å². The zero-order chi connectivity index (χ0) is 16.3. The fourth-order valence-corrected chi connectivity index (χ4v) is 4.46. The molecule has 2 saturated heterocycles. The molecule has 0 bridgehead atoms. The van der Waals surface area contributed by atoms with E-state index in [-0.39, 0.29) is 5.91 Å². The smallest absolute Gasteiger partial charge is 0.231 e. The number of rotatable bonds is 4. The number of hydrogen-bond donors (Lipinski definition) is 1. The largest absolute Gasteiger partial charge is 0.369 e. The van der Waals surface area contributed by atoms with Crippen molar-refractivity contribution < 1.29 is 4.79 Å². The fraction of sp³-hybridized carbons (Fsp3) is 0.632. The SMILES string of the molecule is CCN1C[C@H](c2ccccc2)CC2(CCN(CC(N)=O)CC2)C1. The Morgan fingerprint density at radius 3 is 2.52 bits per heavy atom. The zero-order valence-corrected chi connectivity index (χ0v) is 14.2.